The fourth-order valence-electron chi connectivity index (χ4n) is 3.49. The number of hydrogen-bond acceptors (Lipinski definition) is 3. The minimum Gasteiger partial charge on any atom is -0.508 e. The number of hydrogen-bond donors (Lipinski definition) is 2. The first-order valence-corrected chi connectivity index (χ1v) is 8.42. The summed E-state index contributed by atoms with van der Waals surface area (Å²) in [5, 5.41) is 12.9. The zero-order chi connectivity index (χ0) is 16.1. The Balaban J connectivity index is 0.00000208. The smallest absolute Gasteiger partial charge is 0.122 e. The molecule has 3 nitrogen and oxygen atoms in total. The van der Waals surface area contributed by atoms with Crippen LogP contribution in [0.3, 0.4) is 0 Å². The van der Waals surface area contributed by atoms with Gasteiger partial charge in [0.1, 0.15) is 11.5 Å². The molecule has 0 heterocycles. The maximum absolute atomic E-state index is 9.31. The molecule has 3 rings (SSSR count). The van der Waals surface area contributed by atoms with Gasteiger partial charge in [-0.1, -0.05) is 24.3 Å². The Morgan fingerprint density at radius 3 is 2.71 bits per heavy atom. The van der Waals surface area contributed by atoms with Gasteiger partial charge in [-0.15, -0.1) is 12.4 Å². The van der Waals surface area contributed by atoms with Crippen molar-refractivity contribution in [1.82, 2.24) is 5.32 Å². The molecule has 0 radical (unpaired) electrons. The molecule has 24 heavy (non-hydrogen) atoms. The molecule has 0 aromatic heterocycles. The third-order valence-electron chi connectivity index (χ3n) is 4.73. The van der Waals surface area contributed by atoms with E-state index in [2.05, 4.69) is 23.5 Å². The summed E-state index contributed by atoms with van der Waals surface area (Å²) < 4.78 is 5.51. The van der Waals surface area contributed by atoms with Crippen molar-refractivity contribution >= 4 is 12.4 Å². The van der Waals surface area contributed by atoms with Gasteiger partial charge >= 0.3 is 0 Å². The first-order chi connectivity index (χ1) is 11.3. The van der Waals surface area contributed by atoms with E-state index in [-0.39, 0.29) is 12.4 Å². The predicted molar refractivity (Wildman–Crippen MR) is 101 cm³/mol. The molecule has 0 saturated carbocycles. The number of phenols is 1. The molecule has 1 aliphatic rings. The Labute approximate surface area is 150 Å². The van der Waals surface area contributed by atoms with Gasteiger partial charge in [0, 0.05) is 6.54 Å². The summed E-state index contributed by atoms with van der Waals surface area (Å²) in [4.78, 5) is 0. The van der Waals surface area contributed by atoms with E-state index < -0.39 is 0 Å². The van der Waals surface area contributed by atoms with Gasteiger partial charge in [-0.25, -0.2) is 0 Å². The topological polar surface area (TPSA) is 41.5 Å². The monoisotopic (exact) mass is 347 g/mol. The summed E-state index contributed by atoms with van der Waals surface area (Å²) >= 11 is 0. The number of nitrogens with one attached hydrogen (secondary N) is 1. The van der Waals surface area contributed by atoms with Gasteiger partial charge < -0.3 is 15.2 Å². The summed E-state index contributed by atoms with van der Waals surface area (Å²) in [6, 6.07) is 13.9. The number of ether oxygens (including phenoxy) is 1. The molecule has 0 unspecified atom stereocenters. The molecule has 2 N–H and O–H groups in total. The van der Waals surface area contributed by atoms with Crippen molar-refractivity contribution in [2.24, 2.45) is 0 Å². The number of benzene rings is 2. The van der Waals surface area contributed by atoms with Crippen molar-refractivity contribution in [2.75, 3.05) is 20.2 Å². The lowest BCUT2D eigenvalue weighted by Gasteiger charge is -2.27. The number of rotatable bonds is 6. The minimum atomic E-state index is 0. The van der Waals surface area contributed by atoms with Crippen LogP contribution in [0.1, 0.15) is 35.4 Å². The van der Waals surface area contributed by atoms with Gasteiger partial charge in [-0.05, 0) is 73.0 Å². The van der Waals surface area contributed by atoms with Crippen molar-refractivity contribution in [3.63, 3.8) is 0 Å². The van der Waals surface area contributed by atoms with Crippen molar-refractivity contribution in [3.8, 4) is 11.5 Å². The van der Waals surface area contributed by atoms with Gasteiger partial charge in [0.25, 0.3) is 0 Å². The van der Waals surface area contributed by atoms with Gasteiger partial charge in [0.15, 0.2) is 0 Å². The molecule has 0 amide bonds. The summed E-state index contributed by atoms with van der Waals surface area (Å²) in [6.07, 6.45) is 4.59. The van der Waals surface area contributed by atoms with Crippen molar-refractivity contribution in [3.05, 3.63) is 59.2 Å². The lowest BCUT2D eigenvalue weighted by Crippen LogP contribution is -2.26. The van der Waals surface area contributed by atoms with E-state index >= 15 is 0 Å². The first-order valence-electron chi connectivity index (χ1n) is 8.42. The average Bonchev–Trinajstić information content (AvgIpc) is 2.59. The van der Waals surface area contributed by atoms with E-state index in [0.29, 0.717) is 11.7 Å². The summed E-state index contributed by atoms with van der Waals surface area (Å²) in [5.74, 6) is 1.94. The molecule has 0 bridgehead atoms. The first kappa shape index (κ1) is 18.6. The highest BCUT2D eigenvalue weighted by Gasteiger charge is 2.22. The molecular formula is C20H26ClNO2. The molecule has 4 heteroatoms. The summed E-state index contributed by atoms with van der Waals surface area (Å²) in [6.45, 7) is 1.97. The predicted octanol–water partition coefficient (Wildman–Crippen LogP) is 4.07. The quantitative estimate of drug-likeness (QED) is 0.774. The van der Waals surface area contributed by atoms with E-state index in [1.165, 1.54) is 29.5 Å². The fraction of sp³-hybridized carbons (Fsp3) is 0.400. The van der Waals surface area contributed by atoms with Gasteiger partial charge in [-0.2, -0.15) is 0 Å². The maximum Gasteiger partial charge on any atom is 0.122 e. The Morgan fingerprint density at radius 1 is 1.17 bits per heavy atom. The number of halogens is 1. The van der Waals surface area contributed by atoms with Crippen LogP contribution in [0, 0.1) is 0 Å². The van der Waals surface area contributed by atoms with Gasteiger partial charge in [0.05, 0.1) is 7.11 Å². The zero-order valence-electron chi connectivity index (χ0n) is 14.1. The Bertz CT molecular complexity index is 643. The highest BCUT2D eigenvalue weighted by atomic mass is 35.5. The van der Waals surface area contributed by atoms with Crippen molar-refractivity contribution in [2.45, 2.75) is 31.6 Å². The Kier molecular flexibility index (Phi) is 6.95. The second kappa shape index (κ2) is 8.95. The van der Waals surface area contributed by atoms with Crippen LogP contribution in [-0.2, 0) is 12.8 Å². The van der Waals surface area contributed by atoms with Crippen LogP contribution in [0.15, 0.2) is 42.5 Å². The van der Waals surface area contributed by atoms with Crippen LogP contribution >= 0.6 is 12.4 Å². The third kappa shape index (κ3) is 4.43. The summed E-state index contributed by atoms with van der Waals surface area (Å²) in [7, 11) is 1.76. The molecule has 1 atom stereocenters. The van der Waals surface area contributed by atoms with E-state index in [1.807, 2.05) is 12.1 Å². The van der Waals surface area contributed by atoms with Crippen molar-refractivity contribution in [1.29, 1.82) is 0 Å². The number of fused-ring (bicyclic) bond motifs is 1. The number of aromatic hydroxyl groups is 1. The molecule has 0 fully saturated rings. The molecule has 0 saturated heterocycles. The standard InChI is InChI=1S/C20H25NO2.ClH/c1-23-20-7-3-5-18-16(4-2-6-19(18)20)14-21-13-12-15-8-10-17(22)11-9-15;/h3,5,7-11,16,21-22H,2,4,6,12-14H2,1H3;1H/t16-;/m0./s1. The number of phenolic OH excluding ortho intramolecular Hbond substituents is 1. The molecule has 1 aliphatic carbocycles. The molecule has 2 aromatic carbocycles. The highest BCUT2D eigenvalue weighted by Crippen LogP contribution is 2.36. The summed E-state index contributed by atoms with van der Waals surface area (Å²) in [5.41, 5.74) is 4.10. The normalized spacial score (nSPS) is 16.1. The average molecular weight is 348 g/mol. The highest BCUT2D eigenvalue weighted by molar-refractivity contribution is 5.85. The van der Waals surface area contributed by atoms with E-state index in [1.54, 1.807) is 19.2 Å². The van der Waals surface area contributed by atoms with Crippen LogP contribution in [0.2, 0.25) is 0 Å². The van der Waals surface area contributed by atoms with Crippen LogP contribution in [0.4, 0.5) is 0 Å². The van der Waals surface area contributed by atoms with Crippen LogP contribution < -0.4 is 10.1 Å². The van der Waals surface area contributed by atoms with E-state index in [4.69, 9.17) is 4.74 Å². The third-order valence-corrected chi connectivity index (χ3v) is 4.73. The zero-order valence-corrected chi connectivity index (χ0v) is 14.9. The van der Waals surface area contributed by atoms with Crippen LogP contribution in [0.5, 0.6) is 11.5 Å². The lowest BCUT2D eigenvalue weighted by molar-refractivity contribution is 0.401. The minimum absolute atomic E-state index is 0. The largest absolute Gasteiger partial charge is 0.508 e. The molecular weight excluding hydrogens is 322 g/mol. The van der Waals surface area contributed by atoms with Gasteiger partial charge in [-0.3, -0.25) is 0 Å². The Hall–Kier alpha value is -1.71. The molecule has 130 valence electrons. The van der Waals surface area contributed by atoms with Crippen LogP contribution in [-0.4, -0.2) is 25.3 Å². The van der Waals surface area contributed by atoms with E-state index in [0.717, 1.165) is 31.7 Å². The maximum atomic E-state index is 9.31. The molecule has 0 aliphatic heterocycles. The molecule has 0 spiro atoms. The SMILES string of the molecule is COc1cccc2c1CCC[C@H]2CNCCc1ccc(O)cc1.Cl. The fourth-order valence-corrected chi connectivity index (χ4v) is 3.49. The van der Waals surface area contributed by atoms with Crippen molar-refractivity contribution < 1.29 is 9.84 Å². The lowest BCUT2D eigenvalue weighted by atomic mass is 9.82. The second-order valence-corrected chi connectivity index (χ2v) is 6.24. The van der Waals surface area contributed by atoms with Crippen LogP contribution in [0.25, 0.3) is 0 Å². The number of methoxy groups -OCH3 is 1. The Morgan fingerprint density at radius 2 is 1.96 bits per heavy atom. The van der Waals surface area contributed by atoms with E-state index in [9.17, 15) is 5.11 Å². The molecule has 2 aromatic rings. The van der Waals surface area contributed by atoms with Gasteiger partial charge in [0.2, 0.25) is 0 Å². The second-order valence-electron chi connectivity index (χ2n) is 6.24.